The van der Waals surface area contributed by atoms with Crippen molar-refractivity contribution in [3.8, 4) is 11.3 Å². The van der Waals surface area contributed by atoms with Crippen LogP contribution < -0.4 is 0 Å². The molecule has 0 aliphatic heterocycles. The summed E-state index contributed by atoms with van der Waals surface area (Å²) in [7, 11) is 0. The molecule has 0 bridgehead atoms. The zero-order chi connectivity index (χ0) is 9.26. The van der Waals surface area contributed by atoms with Crippen LogP contribution >= 0.6 is 34.2 Å². The Hall–Kier alpha value is -0.620. The van der Waals surface area contributed by atoms with Crippen molar-refractivity contribution in [3.63, 3.8) is 0 Å². The van der Waals surface area contributed by atoms with Gasteiger partial charge in [-0.2, -0.15) is 5.10 Å². The molecule has 0 atom stereocenters. The van der Waals surface area contributed by atoms with Crippen LogP contribution in [0.5, 0.6) is 0 Å². The molecular formula is C8H5ClIN3. The van der Waals surface area contributed by atoms with Crippen LogP contribution in [0, 0.1) is 3.70 Å². The van der Waals surface area contributed by atoms with Gasteiger partial charge in [-0.25, -0.2) is 0 Å². The van der Waals surface area contributed by atoms with E-state index in [4.69, 9.17) is 11.6 Å². The minimum absolute atomic E-state index is 0.641. The molecule has 0 spiro atoms. The van der Waals surface area contributed by atoms with E-state index in [9.17, 15) is 0 Å². The van der Waals surface area contributed by atoms with Crippen LogP contribution in [0.25, 0.3) is 11.3 Å². The number of pyridine rings is 1. The first-order valence-electron chi connectivity index (χ1n) is 3.59. The van der Waals surface area contributed by atoms with Gasteiger partial charge in [-0.1, -0.05) is 11.6 Å². The highest BCUT2D eigenvalue weighted by Crippen LogP contribution is 2.27. The van der Waals surface area contributed by atoms with Gasteiger partial charge in [0.25, 0.3) is 0 Å². The summed E-state index contributed by atoms with van der Waals surface area (Å²) in [5.74, 6) is 0. The highest BCUT2D eigenvalue weighted by molar-refractivity contribution is 14.1. The van der Waals surface area contributed by atoms with Crippen LogP contribution in [0.3, 0.4) is 0 Å². The van der Waals surface area contributed by atoms with Crippen LogP contribution in [0.4, 0.5) is 0 Å². The van der Waals surface area contributed by atoms with Gasteiger partial charge in [0.1, 0.15) is 3.70 Å². The highest BCUT2D eigenvalue weighted by atomic mass is 127. The Labute approximate surface area is 93.7 Å². The lowest BCUT2D eigenvalue weighted by Gasteiger charge is -1.98. The highest BCUT2D eigenvalue weighted by Gasteiger charge is 2.09. The van der Waals surface area contributed by atoms with Crippen LogP contribution in [0.15, 0.2) is 24.5 Å². The maximum absolute atomic E-state index is 5.98. The Kier molecular flexibility index (Phi) is 2.50. The van der Waals surface area contributed by atoms with E-state index in [1.807, 2.05) is 6.07 Å². The van der Waals surface area contributed by atoms with Gasteiger partial charge in [0, 0.05) is 6.20 Å². The van der Waals surface area contributed by atoms with Crippen LogP contribution in [0.2, 0.25) is 5.02 Å². The van der Waals surface area contributed by atoms with Crippen molar-refractivity contribution in [2.24, 2.45) is 0 Å². The number of hydrogen-bond acceptors (Lipinski definition) is 2. The van der Waals surface area contributed by atoms with E-state index < -0.39 is 0 Å². The molecule has 0 amide bonds. The molecule has 5 heteroatoms. The minimum atomic E-state index is 0.641. The molecule has 0 aromatic carbocycles. The fourth-order valence-corrected chi connectivity index (χ4v) is 1.78. The van der Waals surface area contributed by atoms with Gasteiger partial charge in [0.2, 0.25) is 0 Å². The summed E-state index contributed by atoms with van der Waals surface area (Å²) in [6, 6.07) is 3.62. The number of aromatic nitrogens is 3. The van der Waals surface area contributed by atoms with Crippen molar-refractivity contribution < 1.29 is 0 Å². The third-order valence-corrected chi connectivity index (χ3v) is 2.73. The Morgan fingerprint density at radius 2 is 2.31 bits per heavy atom. The van der Waals surface area contributed by atoms with Crippen LogP contribution in [0.1, 0.15) is 0 Å². The molecule has 0 saturated heterocycles. The lowest BCUT2D eigenvalue weighted by atomic mass is 10.2. The third kappa shape index (κ3) is 1.68. The molecule has 2 heterocycles. The fourth-order valence-electron chi connectivity index (χ4n) is 1.02. The Morgan fingerprint density at radius 3 is 2.92 bits per heavy atom. The zero-order valence-electron chi connectivity index (χ0n) is 6.46. The van der Waals surface area contributed by atoms with Crippen molar-refractivity contribution in [2.75, 3.05) is 0 Å². The van der Waals surface area contributed by atoms with E-state index in [1.165, 1.54) is 0 Å². The topological polar surface area (TPSA) is 41.6 Å². The molecule has 0 aliphatic carbocycles. The molecule has 3 nitrogen and oxygen atoms in total. The Morgan fingerprint density at radius 1 is 1.46 bits per heavy atom. The van der Waals surface area contributed by atoms with Crippen molar-refractivity contribution in [1.82, 2.24) is 15.2 Å². The quantitative estimate of drug-likeness (QED) is 0.823. The minimum Gasteiger partial charge on any atom is -0.272 e. The van der Waals surface area contributed by atoms with Crippen molar-refractivity contribution in [2.45, 2.75) is 0 Å². The van der Waals surface area contributed by atoms with E-state index in [1.54, 1.807) is 18.5 Å². The van der Waals surface area contributed by atoms with E-state index in [0.29, 0.717) is 5.02 Å². The number of H-pyrrole nitrogens is 1. The zero-order valence-corrected chi connectivity index (χ0v) is 9.37. The molecule has 2 aromatic heterocycles. The second-order valence-electron chi connectivity index (χ2n) is 2.43. The fraction of sp³-hybridized carbons (Fsp3) is 0. The summed E-state index contributed by atoms with van der Waals surface area (Å²) >= 11 is 8.14. The van der Waals surface area contributed by atoms with E-state index in [-0.39, 0.29) is 0 Å². The number of aromatic amines is 1. The summed E-state index contributed by atoms with van der Waals surface area (Å²) < 4.78 is 0.943. The first kappa shape index (κ1) is 8.96. The number of halogens is 2. The lowest BCUT2D eigenvalue weighted by Crippen LogP contribution is -1.84. The Balaban J connectivity index is 2.59. The Bertz CT molecular complexity index is 427. The molecule has 2 rings (SSSR count). The summed E-state index contributed by atoms with van der Waals surface area (Å²) in [5, 5.41) is 7.38. The third-order valence-electron chi connectivity index (χ3n) is 1.61. The molecule has 1 N–H and O–H groups in total. The largest absolute Gasteiger partial charge is 0.272 e. The lowest BCUT2D eigenvalue weighted by molar-refractivity contribution is 1.07. The number of nitrogens with one attached hydrogen (secondary N) is 1. The molecule has 66 valence electrons. The van der Waals surface area contributed by atoms with E-state index >= 15 is 0 Å². The van der Waals surface area contributed by atoms with Gasteiger partial charge < -0.3 is 0 Å². The first-order chi connectivity index (χ1) is 6.29. The molecule has 0 unspecified atom stereocenters. The molecular weight excluding hydrogens is 300 g/mol. The predicted octanol–water partition coefficient (Wildman–Crippen LogP) is 2.73. The van der Waals surface area contributed by atoms with Crippen molar-refractivity contribution >= 4 is 34.2 Å². The number of hydrogen-bond donors (Lipinski definition) is 1. The summed E-state index contributed by atoms with van der Waals surface area (Å²) in [6.07, 6.45) is 3.43. The maximum Gasteiger partial charge on any atom is 0.105 e. The van der Waals surface area contributed by atoms with Gasteiger partial charge in [-0.05, 0) is 34.7 Å². The second-order valence-corrected chi connectivity index (χ2v) is 3.92. The van der Waals surface area contributed by atoms with Gasteiger partial charge in [-0.15, -0.1) is 0 Å². The summed E-state index contributed by atoms with van der Waals surface area (Å²) in [4.78, 5) is 4.18. The average molecular weight is 306 g/mol. The van der Waals surface area contributed by atoms with Gasteiger partial charge >= 0.3 is 0 Å². The van der Waals surface area contributed by atoms with E-state index in [0.717, 1.165) is 15.0 Å². The number of rotatable bonds is 1. The van der Waals surface area contributed by atoms with Gasteiger partial charge in [0.05, 0.1) is 22.5 Å². The molecule has 0 fully saturated rings. The number of nitrogens with zero attached hydrogens (tertiary/aromatic N) is 2. The second kappa shape index (κ2) is 3.63. The summed E-state index contributed by atoms with van der Waals surface area (Å²) in [6.45, 7) is 0. The van der Waals surface area contributed by atoms with Gasteiger partial charge in [0.15, 0.2) is 0 Å². The first-order valence-corrected chi connectivity index (χ1v) is 5.04. The van der Waals surface area contributed by atoms with Crippen molar-refractivity contribution in [3.05, 3.63) is 33.2 Å². The standard InChI is InChI=1S/C8H5ClIN3/c9-6-2-1-3-11-7(6)5-4-12-13-8(5)10/h1-4H,(H,12,13). The SMILES string of the molecule is Clc1cccnc1-c1cn[nH]c1I. The normalized spacial score (nSPS) is 10.3. The molecule has 0 saturated carbocycles. The van der Waals surface area contributed by atoms with Crippen LogP contribution in [-0.4, -0.2) is 15.2 Å². The van der Waals surface area contributed by atoms with Crippen molar-refractivity contribution in [1.29, 1.82) is 0 Å². The monoisotopic (exact) mass is 305 g/mol. The molecule has 2 aromatic rings. The average Bonchev–Trinajstić information content (AvgIpc) is 2.52. The molecule has 0 aliphatic rings. The van der Waals surface area contributed by atoms with E-state index in [2.05, 4.69) is 37.8 Å². The molecule has 13 heavy (non-hydrogen) atoms. The smallest absolute Gasteiger partial charge is 0.105 e. The maximum atomic E-state index is 5.98. The predicted molar refractivity (Wildman–Crippen MR) is 59.5 cm³/mol. The van der Waals surface area contributed by atoms with Gasteiger partial charge in [-0.3, -0.25) is 10.1 Å². The summed E-state index contributed by atoms with van der Waals surface area (Å²) in [5.41, 5.74) is 1.70. The van der Waals surface area contributed by atoms with Crippen LogP contribution in [-0.2, 0) is 0 Å². The molecule has 0 radical (unpaired) electrons.